The van der Waals surface area contributed by atoms with Crippen LogP contribution in [0.3, 0.4) is 0 Å². The van der Waals surface area contributed by atoms with Gasteiger partial charge < -0.3 is 0 Å². The molecule has 21 heavy (non-hydrogen) atoms. The molecule has 1 unspecified atom stereocenters. The van der Waals surface area contributed by atoms with Crippen LogP contribution in [-0.4, -0.2) is 5.78 Å². The van der Waals surface area contributed by atoms with E-state index in [0.717, 1.165) is 24.0 Å². The summed E-state index contributed by atoms with van der Waals surface area (Å²) in [6.07, 6.45) is 2.33. The van der Waals surface area contributed by atoms with E-state index in [1.807, 2.05) is 54.6 Å². The molecule has 0 amide bonds. The first-order chi connectivity index (χ1) is 10.2. The normalized spacial score (nSPS) is 11.6. The topological polar surface area (TPSA) is 40.9 Å². The van der Waals surface area contributed by atoms with Crippen LogP contribution in [0.15, 0.2) is 54.6 Å². The van der Waals surface area contributed by atoms with Gasteiger partial charge in [-0.3, -0.25) is 4.79 Å². The summed E-state index contributed by atoms with van der Waals surface area (Å²) >= 11 is 0. The van der Waals surface area contributed by atoms with Crippen molar-refractivity contribution in [3.63, 3.8) is 0 Å². The van der Waals surface area contributed by atoms with Gasteiger partial charge in [-0.1, -0.05) is 67.9 Å². The maximum atomic E-state index is 12.4. The Morgan fingerprint density at radius 3 is 2.48 bits per heavy atom. The zero-order chi connectivity index (χ0) is 15.1. The van der Waals surface area contributed by atoms with E-state index >= 15 is 0 Å². The van der Waals surface area contributed by atoms with Gasteiger partial charge in [0.2, 0.25) is 0 Å². The molecule has 0 aromatic heterocycles. The van der Waals surface area contributed by atoms with E-state index in [1.54, 1.807) is 0 Å². The van der Waals surface area contributed by atoms with Crippen molar-refractivity contribution >= 4 is 5.78 Å². The van der Waals surface area contributed by atoms with Gasteiger partial charge in [-0.05, 0) is 23.1 Å². The number of nitrogens with zero attached hydrogens (tertiary/aromatic N) is 1. The Kier molecular flexibility index (Phi) is 5.29. The second-order valence-corrected chi connectivity index (χ2v) is 5.19. The fourth-order valence-electron chi connectivity index (χ4n) is 2.45. The molecule has 0 heterocycles. The van der Waals surface area contributed by atoms with Crippen LogP contribution in [0.1, 0.15) is 36.0 Å². The highest BCUT2D eigenvalue weighted by Crippen LogP contribution is 2.20. The molecule has 2 aromatic rings. The Bertz CT molecular complexity index is 640. The molecule has 0 saturated heterocycles. The third kappa shape index (κ3) is 4.03. The molecule has 2 aromatic carbocycles. The van der Waals surface area contributed by atoms with Crippen molar-refractivity contribution < 1.29 is 4.79 Å². The van der Waals surface area contributed by atoms with Crippen LogP contribution in [0, 0.1) is 11.3 Å². The Hall–Kier alpha value is -2.40. The first-order valence-electron chi connectivity index (χ1n) is 7.29. The van der Waals surface area contributed by atoms with Crippen molar-refractivity contribution in [3.05, 3.63) is 71.3 Å². The molecule has 0 aliphatic rings. The molecule has 0 bridgehead atoms. The summed E-state index contributed by atoms with van der Waals surface area (Å²) in [7, 11) is 0. The summed E-state index contributed by atoms with van der Waals surface area (Å²) in [6, 6.07) is 19.6. The third-order valence-corrected chi connectivity index (χ3v) is 3.50. The minimum Gasteiger partial charge on any atom is -0.297 e. The van der Waals surface area contributed by atoms with Crippen LogP contribution in [0.4, 0.5) is 0 Å². The molecule has 0 fully saturated rings. The van der Waals surface area contributed by atoms with Crippen LogP contribution in [0.5, 0.6) is 0 Å². The van der Waals surface area contributed by atoms with Gasteiger partial charge in [-0.2, -0.15) is 5.26 Å². The Labute approximate surface area is 126 Å². The lowest BCUT2D eigenvalue weighted by Crippen LogP contribution is -2.13. The van der Waals surface area contributed by atoms with Gasteiger partial charge in [0, 0.05) is 6.42 Å². The molecular weight excluding hydrogens is 258 g/mol. The smallest absolute Gasteiger partial charge is 0.158 e. The van der Waals surface area contributed by atoms with Gasteiger partial charge in [0.1, 0.15) is 5.92 Å². The minimum absolute atomic E-state index is 0.0441. The van der Waals surface area contributed by atoms with E-state index in [0.29, 0.717) is 6.42 Å². The van der Waals surface area contributed by atoms with Gasteiger partial charge in [0.05, 0.1) is 6.07 Å². The second kappa shape index (κ2) is 7.40. The number of hydrogen-bond donors (Lipinski definition) is 0. The van der Waals surface area contributed by atoms with Gasteiger partial charge in [0.15, 0.2) is 5.78 Å². The highest BCUT2D eigenvalue weighted by Gasteiger charge is 2.20. The number of carbonyl (C=O) groups excluding carboxylic acids is 1. The fourth-order valence-corrected chi connectivity index (χ4v) is 2.45. The van der Waals surface area contributed by atoms with E-state index in [9.17, 15) is 10.1 Å². The zero-order valence-electron chi connectivity index (χ0n) is 12.3. The molecule has 2 rings (SSSR count). The lowest BCUT2D eigenvalue weighted by molar-refractivity contribution is -0.118. The molecule has 0 aliphatic carbocycles. The summed E-state index contributed by atoms with van der Waals surface area (Å²) in [5.74, 6) is -0.723. The van der Waals surface area contributed by atoms with E-state index in [4.69, 9.17) is 0 Å². The monoisotopic (exact) mass is 277 g/mol. The van der Waals surface area contributed by atoms with Crippen molar-refractivity contribution in [2.24, 2.45) is 0 Å². The van der Waals surface area contributed by atoms with Crippen LogP contribution < -0.4 is 0 Å². The third-order valence-electron chi connectivity index (χ3n) is 3.50. The maximum absolute atomic E-state index is 12.4. The average molecular weight is 277 g/mol. The first-order valence-corrected chi connectivity index (χ1v) is 7.29. The number of Topliss-reactive ketones (excluding diaryl/α,β-unsaturated/α-hetero) is 1. The molecule has 0 radical (unpaired) electrons. The van der Waals surface area contributed by atoms with E-state index in [2.05, 4.69) is 13.0 Å². The van der Waals surface area contributed by atoms with Gasteiger partial charge >= 0.3 is 0 Å². The summed E-state index contributed by atoms with van der Waals surface area (Å²) < 4.78 is 0. The molecule has 106 valence electrons. The average Bonchev–Trinajstić information content (AvgIpc) is 2.50. The Balaban J connectivity index is 2.17. The maximum Gasteiger partial charge on any atom is 0.158 e. The molecule has 1 atom stereocenters. The van der Waals surface area contributed by atoms with Crippen molar-refractivity contribution in [3.8, 4) is 6.07 Å². The number of benzene rings is 2. The molecule has 0 saturated carbocycles. The number of nitriles is 1. The van der Waals surface area contributed by atoms with Crippen molar-refractivity contribution in [2.45, 2.75) is 32.1 Å². The molecule has 2 nitrogen and oxygen atoms in total. The van der Waals surface area contributed by atoms with Gasteiger partial charge in [0.25, 0.3) is 0 Å². The number of ketones is 1. The molecule has 0 N–H and O–H groups in total. The van der Waals surface area contributed by atoms with E-state index in [1.165, 1.54) is 5.56 Å². The van der Waals surface area contributed by atoms with Gasteiger partial charge in [-0.25, -0.2) is 0 Å². The van der Waals surface area contributed by atoms with Crippen molar-refractivity contribution in [1.29, 1.82) is 5.26 Å². The molecule has 0 spiro atoms. The molecular formula is C19H19NO. The SMILES string of the molecule is CCCc1cccc(C(C#N)C(=O)Cc2ccccc2)c1. The highest BCUT2D eigenvalue weighted by molar-refractivity contribution is 5.90. The summed E-state index contributed by atoms with van der Waals surface area (Å²) in [6.45, 7) is 2.12. The molecule has 0 aliphatic heterocycles. The van der Waals surface area contributed by atoms with Crippen molar-refractivity contribution in [1.82, 2.24) is 0 Å². The Morgan fingerprint density at radius 1 is 1.10 bits per heavy atom. The minimum atomic E-state index is -0.679. The van der Waals surface area contributed by atoms with E-state index < -0.39 is 5.92 Å². The number of aryl methyl sites for hydroxylation is 1. The molecule has 2 heteroatoms. The van der Waals surface area contributed by atoms with Gasteiger partial charge in [-0.15, -0.1) is 0 Å². The first kappa shape index (κ1) is 15.0. The van der Waals surface area contributed by atoms with Crippen LogP contribution >= 0.6 is 0 Å². The van der Waals surface area contributed by atoms with Crippen molar-refractivity contribution in [2.75, 3.05) is 0 Å². The second-order valence-electron chi connectivity index (χ2n) is 5.19. The quantitative estimate of drug-likeness (QED) is 0.799. The van der Waals surface area contributed by atoms with Crippen LogP contribution in [0.2, 0.25) is 0 Å². The largest absolute Gasteiger partial charge is 0.297 e. The number of hydrogen-bond acceptors (Lipinski definition) is 2. The zero-order valence-corrected chi connectivity index (χ0v) is 12.3. The summed E-state index contributed by atoms with van der Waals surface area (Å²) in [5.41, 5.74) is 2.94. The number of carbonyl (C=O) groups is 1. The summed E-state index contributed by atoms with van der Waals surface area (Å²) in [4.78, 5) is 12.4. The number of rotatable bonds is 6. The van der Waals surface area contributed by atoms with E-state index in [-0.39, 0.29) is 5.78 Å². The fraction of sp³-hybridized carbons (Fsp3) is 0.263. The van der Waals surface area contributed by atoms with Crippen LogP contribution in [-0.2, 0) is 17.6 Å². The van der Waals surface area contributed by atoms with Crippen LogP contribution in [0.25, 0.3) is 0 Å². The summed E-state index contributed by atoms with van der Waals surface area (Å²) in [5, 5.41) is 9.38. The predicted molar refractivity (Wildman–Crippen MR) is 83.9 cm³/mol. The highest BCUT2D eigenvalue weighted by atomic mass is 16.1. The Morgan fingerprint density at radius 2 is 1.81 bits per heavy atom. The predicted octanol–water partition coefficient (Wildman–Crippen LogP) is 4.06. The lowest BCUT2D eigenvalue weighted by Gasteiger charge is -2.10. The standard InChI is InChI=1S/C19H19NO/c1-2-7-15-10-6-11-17(12-15)18(14-20)19(21)13-16-8-4-3-5-9-16/h3-6,8-12,18H,2,7,13H2,1H3. The lowest BCUT2D eigenvalue weighted by atomic mass is 9.91.